The number of anilines is 2. The van der Waals surface area contributed by atoms with Gasteiger partial charge in [-0.2, -0.15) is 4.98 Å². The zero-order valence-corrected chi connectivity index (χ0v) is 25.3. The van der Waals surface area contributed by atoms with E-state index in [1.807, 2.05) is 13.8 Å². The summed E-state index contributed by atoms with van der Waals surface area (Å²) < 4.78 is 38.7. The summed E-state index contributed by atoms with van der Waals surface area (Å²) in [5.74, 6) is -0.468. The van der Waals surface area contributed by atoms with Crippen molar-refractivity contribution in [2.24, 2.45) is 0 Å². The highest BCUT2D eigenvalue weighted by Crippen LogP contribution is 2.42. The van der Waals surface area contributed by atoms with Gasteiger partial charge in [0.25, 0.3) is 0 Å². The molecular formula is C31H32F2N8O2S. The molecule has 5 heterocycles. The fourth-order valence-corrected chi connectivity index (χ4v) is 7.05. The smallest absolute Gasteiger partial charge is 0.355 e. The lowest BCUT2D eigenvalue weighted by Crippen LogP contribution is -2.48. The Morgan fingerprint density at radius 3 is 2.86 bits per heavy atom. The molecule has 1 saturated heterocycles. The van der Waals surface area contributed by atoms with Gasteiger partial charge >= 0.3 is 5.69 Å². The SMILES string of the molecule is C=CCOCN1CCN(c2nc(=O)n3c4nc(c(F)cc24)-c2c(F)cccc2NCCSc2ncnc(C(C)C)c2-3)[C@H]2C[C@H]21. The van der Waals surface area contributed by atoms with Gasteiger partial charge in [-0.05, 0) is 30.5 Å². The molecule has 1 aliphatic carbocycles. The zero-order valence-electron chi connectivity index (χ0n) is 24.5. The Kier molecular flexibility index (Phi) is 7.55. The predicted octanol–water partition coefficient (Wildman–Crippen LogP) is 4.58. The summed E-state index contributed by atoms with van der Waals surface area (Å²) in [7, 11) is 0. The van der Waals surface area contributed by atoms with Gasteiger partial charge in [0.1, 0.15) is 34.4 Å². The number of thioether (sulfide) groups is 1. The fourth-order valence-electron chi connectivity index (χ4n) is 6.20. The lowest BCUT2D eigenvalue weighted by molar-refractivity contribution is 0.0337. The number of benzene rings is 1. The van der Waals surface area contributed by atoms with E-state index in [0.717, 1.165) is 6.42 Å². The number of pyridine rings is 1. The predicted molar refractivity (Wildman–Crippen MR) is 167 cm³/mol. The minimum absolute atomic E-state index is 0.0128. The molecule has 0 spiro atoms. The molecule has 1 N–H and O–H groups in total. The highest BCUT2D eigenvalue weighted by atomic mass is 32.2. The van der Waals surface area contributed by atoms with Gasteiger partial charge in [-0.25, -0.2) is 33.1 Å². The van der Waals surface area contributed by atoms with Crippen LogP contribution in [-0.4, -0.2) is 80.2 Å². The Bertz CT molecular complexity index is 1830. The maximum absolute atomic E-state index is 16.2. The van der Waals surface area contributed by atoms with Crippen molar-refractivity contribution in [2.45, 2.75) is 43.3 Å². The molecule has 3 aromatic heterocycles. The second-order valence-electron chi connectivity index (χ2n) is 11.4. The quantitative estimate of drug-likeness (QED) is 0.188. The van der Waals surface area contributed by atoms with Crippen LogP contribution < -0.4 is 15.9 Å². The number of halogens is 2. The molecule has 0 unspecified atom stereocenters. The number of hydrogen-bond donors (Lipinski definition) is 1. The van der Waals surface area contributed by atoms with Crippen LogP contribution in [0.5, 0.6) is 0 Å². The van der Waals surface area contributed by atoms with E-state index < -0.39 is 17.3 Å². The van der Waals surface area contributed by atoms with Crippen molar-refractivity contribution in [3.63, 3.8) is 0 Å². The Morgan fingerprint density at radius 2 is 2.05 bits per heavy atom. The normalized spacial score (nSPS) is 19.5. The summed E-state index contributed by atoms with van der Waals surface area (Å²) in [6.07, 6.45) is 4.08. The molecule has 0 amide bonds. The first-order valence-corrected chi connectivity index (χ1v) is 15.7. The van der Waals surface area contributed by atoms with Gasteiger partial charge in [-0.3, -0.25) is 4.90 Å². The van der Waals surface area contributed by atoms with E-state index in [4.69, 9.17) is 9.72 Å². The molecule has 2 atom stereocenters. The number of nitrogens with one attached hydrogen (secondary N) is 1. The van der Waals surface area contributed by atoms with Crippen LogP contribution >= 0.6 is 11.8 Å². The lowest BCUT2D eigenvalue weighted by Gasteiger charge is -2.35. The van der Waals surface area contributed by atoms with Gasteiger partial charge in [0.05, 0.1) is 30.0 Å². The summed E-state index contributed by atoms with van der Waals surface area (Å²) in [5.41, 5.74) is 0.956. The van der Waals surface area contributed by atoms with E-state index in [1.54, 1.807) is 18.2 Å². The second kappa shape index (κ2) is 11.5. The number of hydrogen-bond acceptors (Lipinski definition) is 10. The third-order valence-electron chi connectivity index (χ3n) is 8.28. The van der Waals surface area contributed by atoms with Crippen molar-refractivity contribution in [2.75, 3.05) is 48.9 Å². The molecular weight excluding hydrogens is 586 g/mol. The Balaban J connectivity index is 1.47. The Labute approximate surface area is 257 Å². The Morgan fingerprint density at radius 1 is 1.18 bits per heavy atom. The number of piperazine rings is 1. The lowest BCUT2D eigenvalue weighted by atomic mass is 10.1. The number of fused-ring (bicyclic) bond motifs is 6. The highest BCUT2D eigenvalue weighted by molar-refractivity contribution is 7.99. The van der Waals surface area contributed by atoms with Crippen molar-refractivity contribution in [3.8, 4) is 16.9 Å². The molecule has 1 aromatic carbocycles. The third-order valence-corrected chi connectivity index (χ3v) is 9.26. The van der Waals surface area contributed by atoms with Gasteiger partial charge in [0.15, 0.2) is 11.5 Å². The van der Waals surface area contributed by atoms with Crippen LogP contribution in [-0.2, 0) is 4.74 Å². The van der Waals surface area contributed by atoms with E-state index in [2.05, 4.69) is 36.6 Å². The van der Waals surface area contributed by atoms with Crippen LogP contribution in [0.25, 0.3) is 28.0 Å². The first-order chi connectivity index (χ1) is 21.4. The molecule has 13 heteroatoms. The standard InChI is InChI=1S/C31H32F2N8O2S/c1-4-11-43-16-39-9-10-40(23-14-22(23)39)28-18-13-20(33)26-24-19(32)6-5-7-21(24)34-8-12-44-30-27(25(17(2)3)35-15-36-30)41(29(18)37-26)31(42)38-28/h4-7,13,15,17,22-23,34H,1,8-12,14,16H2,2-3H3/t22-,23+/m1/s1. The molecule has 1 saturated carbocycles. The van der Waals surface area contributed by atoms with Crippen LogP contribution in [0.2, 0.25) is 0 Å². The molecule has 2 aliphatic heterocycles. The van der Waals surface area contributed by atoms with Crippen LogP contribution in [0.1, 0.15) is 31.9 Å². The topological polar surface area (TPSA) is 101 Å². The first kappa shape index (κ1) is 28.8. The number of aromatic nitrogens is 5. The average Bonchev–Trinajstić information content (AvgIpc) is 3.81. The van der Waals surface area contributed by atoms with Crippen LogP contribution in [0.4, 0.5) is 20.3 Å². The van der Waals surface area contributed by atoms with Crippen molar-refractivity contribution >= 4 is 34.3 Å². The van der Waals surface area contributed by atoms with Gasteiger partial charge in [0.2, 0.25) is 0 Å². The van der Waals surface area contributed by atoms with Crippen LogP contribution in [0.15, 0.2) is 53.1 Å². The summed E-state index contributed by atoms with van der Waals surface area (Å²) in [6.45, 7) is 10.3. The molecule has 10 nitrogen and oxygen atoms in total. The second-order valence-corrected chi connectivity index (χ2v) is 12.5. The first-order valence-electron chi connectivity index (χ1n) is 14.7. The van der Waals surface area contributed by atoms with Gasteiger partial charge in [0, 0.05) is 43.2 Å². The molecule has 2 fully saturated rings. The van der Waals surface area contributed by atoms with Crippen LogP contribution in [0, 0.1) is 11.6 Å². The molecule has 0 radical (unpaired) electrons. The van der Waals surface area contributed by atoms with E-state index in [0.29, 0.717) is 72.0 Å². The van der Waals surface area contributed by atoms with E-state index >= 15 is 8.78 Å². The molecule has 2 bridgehead atoms. The molecule has 44 heavy (non-hydrogen) atoms. The summed E-state index contributed by atoms with van der Waals surface area (Å²) in [4.78, 5) is 36.9. The molecule has 228 valence electrons. The molecule has 3 aliphatic rings. The van der Waals surface area contributed by atoms with Crippen molar-refractivity contribution in [1.29, 1.82) is 0 Å². The fraction of sp³-hybridized carbons (Fsp3) is 0.387. The average molecular weight is 619 g/mol. The maximum atomic E-state index is 16.2. The third kappa shape index (κ3) is 4.92. The largest absolute Gasteiger partial charge is 0.384 e. The number of rotatable bonds is 6. The number of nitrogens with zero attached hydrogens (tertiary/aromatic N) is 7. The minimum Gasteiger partial charge on any atom is -0.384 e. The van der Waals surface area contributed by atoms with Crippen molar-refractivity contribution in [1.82, 2.24) is 29.4 Å². The summed E-state index contributed by atoms with van der Waals surface area (Å²) >= 11 is 1.45. The highest BCUT2D eigenvalue weighted by Gasteiger charge is 2.50. The van der Waals surface area contributed by atoms with Gasteiger partial charge in [-0.1, -0.05) is 26.0 Å². The maximum Gasteiger partial charge on any atom is 0.355 e. The Hall–Kier alpha value is -3.94. The monoisotopic (exact) mass is 618 g/mol. The van der Waals surface area contributed by atoms with Crippen LogP contribution in [0.3, 0.4) is 0 Å². The van der Waals surface area contributed by atoms with E-state index in [1.165, 1.54) is 34.8 Å². The molecule has 7 rings (SSSR count). The zero-order chi connectivity index (χ0) is 30.5. The van der Waals surface area contributed by atoms with Gasteiger partial charge < -0.3 is 15.0 Å². The van der Waals surface area contributed by atoms with Crippen molar-refractivity contribution < 1.29 is 13.5 Å². The number of ether oxygens (including phenoxy) is 1. The van der Waals surface area contributed by atoms with Gasteiger partial charge in [-0.15, -0.1) is 18.3 Å². The summed E-state index contributed by atoms with van der Waals surface area (Å²) in [5, 5.41) is 4.19. The van der Waals surface area contributed by atoms with Crippen molar-refractivity contribution in [3.05, 3.63) is 71.1 Å². The van der Waals surface area contributed by atoms with E-state index in [-0.39, 0.29) is 34.9 Å². The summed E-state index contributed by atoms with van der Waals surface area (Å²) in [6, 6.07) is 6.21. The molecule has 4 aromatic rings. The minimum atomic E-state index is -0.706. The van der Waals surface area contributed by atoms with E-state index in [9.17, 15) is 4.79 Å².